The van der Waals surface area contributed by atoms with E-state index in [1.807, 2.05) is 26.8 Å². The molecule has 0 spiro atoms. The highest BCUT2D eigenvalue weighted by Gasteiger charge is 2.35. The van der Waals surface area contributed by atoms with Gasteiger partial charge in [-0.25, -0.2) is 9.78 Å². The molecule has 2 heterocycles. The molecule has 0 radical (unpaired) electrons. The lowest BCUT2D eigenvalue weighted by molar-refractivity contribution is -0.122. The van der Waals surface area contributed by atoms with Crippen molar-refractivity contribution in [3.05, 3.63) is 41.2 Å². The number of anilines is 1. The molecule has 11 heteroatoms. The van der Waals surface area contributed by atoms with Crippen LogP contribution in [0.3, 0.4) is 0 Å². The zero-order valence-corrected chi connectivity index (χ0v) is 21.8. The van der Waals surface area contributed by atoms with E-state index in [-0.39, 0.29) is 25.3 Å². The van der Waals surface area contributed by atoms with E-state index in [0.29, 0.717) is 11.7 Å². The number of amides is 3. The van der Waals surface area contributed by atoms with E-state index in [0.717, 1.165) is 17.6 Å². The molecule has 0 bridgehead atoms. The summed E-state index contributed by atoms with van der Waals surface area (Å²) in [5.74, 6) is -0.139. The van der Waals surface area contributed by atoms with Crippen molar-refractivity contribution in [3.8, 4) is 0 Å². The number of hydrogen-bond acceptors (Lipinski definition) is 8. The number of hydrazine groups is 1. The molecule has 36 heavy (non-hydrogen) atoms. The van der Waals surface area contributed by atoms with Gasteiger partial charge in [-0.2, -0.15) is 0 Å². The molecule has 2 N–H and O–H groups in total. The van der Waals surface area contributed by atoms with Crippen LogP contribution < -0.4 is 15.8 Å². The van der Waals surface area contributed by atoms with Gasteiger partial charge in [-0.3, -0.25) is 25.4 Å². The summed E-state index contributed by atoms with van der Waals surface area (Å²) in [6.07, 6.45) is 5.97. The van der Waals surface area contributed by atoms with Crippen LogP contribution in [0.5, 0.6) is 0 Å². The average Bonchev–Trinajstić information content (AvgIpc) is 3.78. The fourth-order valence-corrected chi connectivity index (χ4v) is 4.60. The molecule has 194 valence electrons. The molecule has 2 aromatic heterocycles. The first-order valence-corrected chi connectivity index (χ1v) is 13.2. The van der Waals surface area contributed by atoms with Crippen LogP contribution in [0.1, 0.15) is 69.1 Å². The van der Waals surface area contributed by atoms with Crippen molar-refractivity contribution in [1.82, 2.24) is 25.7 Å². The minimum atomic E-state index is -0.560. The van der Waals surface area contributed by atoms with Gasteiger partial charge >= 0.3 is 6.09 Å². The fourth-order valence-electron chi connectivity index (χ4n) is 3.71. The van der Waals surface area contributed by atoms with Crippen LogP contribution in [0.4, 0.5) is 9.93 Å². The van der Waals surface area contributed by atoms with Crippen LogP contribution in [-0.2, 0) is 16.1 Å². The van der Waals surface area contributed by atoms with Gasteiger partial charge in [0.15, 0.2) is 5.13 Å². The topological polar surface area (TPSA) is 117 Å². The summed E-state index contributed by atoms with van der Waals surface area (Å²) in [7, 11) is 0. The van der Waals surface area contributed by atoms with Crippen molar-refractivity contribution >= 4 is 34.4 Å². The standard InChI is InChI=1S/C25H34N6O4S/c1-25(2,3)31(24(34)35-15-18-6-4-5-12-26-18)13-11-21(32)28-29-22(33)20-16-36-23(27-20)30(19-9-10-19)14-17-7-8-17/h4-6,12,16-17,19H,7-11,13-15H2,1-3H3,(H,28,32)(H,29,33). The molecule has 3 amide bonds. The number of nitrogens with zero attached hydrogens (tertiary/aromatic N) is 4. The first-order valence-electron chi connectivity index (χ1n) is 12.4. The number of rotatable bonds is 10. The molecule has 2 fully saturated rings. The predicted molar refractivity (Wildman–Crippen MR) is 136 cm³/mol. The summed E-state index contributed by atoms with van der Waals surface area (Å²) >= 11 is 1.46. The van der Waals surface area contributed by atoms with E-state index in [4.69, 9.17) is 4.74 Å². The lowest BCUT2D eigenvalue weighted by Gasteiger charge is -2.34. The van der Waals surface area contributed by atoms with Gasteiger partial charge in [0.1, 0.15) is 12.3 Å². The Balaban J connectivity index is 1.23. The van der Waals surface area contributed by atoms with Gasteiger partial charge in [-0.15, -0.1) is 11.3 Å². The Bertz CT molecular complexity index is 1060. The molecule has 0 unspecified atom stereocenters. The number of nitrogens with one attached hydrogen (secondary N) is 2. The minimum absolute atomic E-state index is 0.00456. The van der Waals surface area contributed by atoms with Crippen molar-refractivity contribution in [1.29, 1.82) is 0 Å². The van der Waals surface area contributed by atoms with Crippen molar-refractivity contribution in [2.75, 3.05) is 18.0 Å². The second-order valence-corrected chi connectivity index (χ2v) is 11.1. The Kier molecular flexibility index (Phi) is 8.07. The van der Waals surface area contributed by atoms with Crippen molar-refractivity contribution in [2.45, 2.75) is 71.1 Å². The number of hydrogen-bond donors (Lipinski definition) is 2. The molecule has 10 nitrogen and oxygen atoms in total. The Hall–Kier alpha value is -3.21. The van der Waals surface area contributed by atoms with Crippen LogP contribution in [0.25, 0.3) is 0 Å². The number of pyridine rings is 1. The zero-order chi connectivity index (χ0) is 25.7. The largest absolute Gasteiger partial charge is 0.443 e. The molecular weight excluding hydrogens is 480 g/mol. The van der Waals surface area contributed by atoms with Crippen LogP contribution in [0.15, 0.2) is 29.8 Å². The normalized spacial score (nSPS) is 15.2. The summed E-state index contributed by atoms with van der Waals surface area (Å²) in [5.41, 5.74) is 5.22. The molecular formula is C25H34N6O4S. The van der Waals surface area contributed by atoms with Crippen molar-refractivity contribution in [2.24, 2.45) is 5.92 Å². The summed E-state index contributed by atoms with van der Waals surface area (Å²) in [6.45, 7) is 6.77. The third-order valence-electron chi connectivity index (χ3n) is 6.09. The van der Waals surface area contributed by atoms with E-state index in [9.17, 15) is 14.4 Å². The molecule has 4 rings (SSSR count). The lowest BCUT2D eigenvalue weighted by Crippen LogP contribution is -2.48. The number of thiazole rings is 1. The average molecular weight is 515 g/mol. The third-order valence-corrected chi connectivity index (χ3v) is 6.97. The van der Waals surface area contributed by atoms with Crippen LogP contribution in [0.2, 0.25) is 0 Å². The molecule has 0 atom stereocenters. The van der Waals surface area contributed by atoms with Gasteiger partial charge < -0.3 is 14.5 Å². The summed E-state index contributed by atoms with van der Waals surface area (Å²) in [5, 5.41) is 2.59. The van der Waals surface area contributed by atoms with E-state index < -0.39 is 23.4 Å². The second kappa shape index (κ2) is 11.2. The molecule has 2 aromatic rings. The van der Waals surface area contributed by atoms with E-state index in [2.05, 4.69) is 25.7 Å². The molecule has 0 aromatic carbocycles. The Morgan fingerprint density at radius 2 is 1.92 bits per heavy atom. The molecule has 0 aliphatic heterocycles. The van der Waals surface area contributed by atoms with Crippen molar-refractivity contribution in [3.63, 3.8) is 0 Å². The van der Waals surface area contributed by atoms with Crippen molar-refractivity contribution < 1.29 is 19.1 Å². The Morgan fingerprint density at radius 1 is 1.14 bits per heavy atom. The maximum Gasteiger partial charge on any atom is 0.410 e. The first-order chi connectivity index (χ1) is 17.2. The van der Waals surface area contributed by atoms with Crippen LogP contribution in [0, 0.1) is 5.92 Å². The van der Waals surface area contributed by atoms with Gasteiger partial charge in [0.2, 0.25) is 5.91 Å². The van der Waals surface area contributed by atoms with E-state index >= 15 is 0 Å². The maximum absolute atomic E-state index is 12.7. The number of carbonyl (C=O) groups is 3. The lowest BCUT2D eigenvalue weighted by atomic mass is 10.1. The Morgan fingerprint density at radius 3 is 2.56 bits per heavy atom. The molecule has 2 aliphatic rings. The highest BCUT2D eigenvalue weighted by molar-refractivity contribution is 7.14. The van der Waals surface area contributed by atoms with Gasteiger partial charge in [0.05, 0.1) is 5.69 Å². The summed E-state index contributed by atoms with van der Waals surface area (Å²) in [4.78, 5) is 50.1. The monoisotopic (exact) mass is 514 g/mol. The van der Waals surface area contributed by atoms with Gasteiger partial charge in [0.25, 0.3) is 5.91 Å². The minimum Gasteiger partial charge on any atom is -0.443 e. The smallest absolute Gasteiger partial charge is 0.410 e. The van der Waals surface area contributed by atoms with E-state index in [1.165, 1.54) is 41.9 Å². The number of ether oxygens (including phenoxy) is 1. The van der Waals surface area contributed by atoms with Crippen LogP contribution in [-0.4, -0.2) is 57.4 Å². The Labute approximate surface area is 215 Å². The molecule has 2 saturated carbocycles. The predicted octanol–water partition coefficient (Wildman–Crippen LogP) is 3.51. The van der Waals surface area contributed by atoms with Gasteiger partial charge in [-0.05, 0) is 64.5 Å². The highest BCUT2D eigenvalue weighted by Crippen LogP contribution is 2.38. The summed E-state index contributed by atoms with van der Waals surface area (Å²) in [6, 6.07) is 5.91. The van der Waals surface area contributed by atoms with Gasteiger partial charge in [-0.1, -0.05) is 6.07 Å². The summed E-state index contributed by atoms with van der Waals surface area (Å²) < 4.78 is 5.39. The van der Waals surface area contributed by atoms with E-state index in [1.54, 1.807) is 23.7 Å². The molecule has 2 aliphatic carbocycles. The van der Waals surface area contributed by atoms with Crippen LogP contribution >= 0.6 is 11.3 Å². The second-order valence-electron chi connectivity index (χ2n) is 10.3. The van der Waals surface area contributed by atoms with Gasteiger partial charge in [0, 0.05) is 42.7 Å². The highest BCUT2D eigenvalue weighted by atomic mass is 32.1. The first kappa shape index (κ1) is 25.9. The quantitative estimate of drug-likeness (QED) is 0.466. The number of carbonyl (C=O) groups excluding carboxylic acids is 3. The molecule has 0 saturated heterocycles. The third kappa shape index (κ3) is 7.39. The maximum atomic E-state index is 12.7. The fraction of sp³-hybridized carbons (Fsp3) is 0.560. The zero-order valence-electron chi connectivity index (χ0n) is 21.0. The number of aromatic nitrogens is 2. The SMILES string of the molecule is CC(C)(C)N(CCC(=O)NNC(=O)c1csc(N(CC2CC2)C2CC2)n1)C(=O)OCc1ccccn1.